The maximum Gasteiger partial charge on any atom is 0.326 e. The lowest BCUT2D eigenvalue weighted by atomic mass is 10.2. The van der Waals surface area contributed by atoms with Crippen LogP contribution in [0.15, 0.2) is 6.33 Å². The van der Waals surface area contributed by atoms with Crippen molar-refractivity contribution in [3.8, 4) is 0 Å². The van der Waals surface area contributed by atoms with E-state index in [1.165, 1.54) is 16.1 Å². The van der Waals surface area contributed by atoms with E-state index in [1.54, 1.807) is 7.05 Å². The number of nitrogens with zero attached hydrogens (tertiary/aromatic N) is 4. The Kier molecular flexibility index (Phi) is 4.85. The third kappa shape index (κ3) is 4.01. The largest absolute Gasteiger partial charge is 0.356 e. The number of aromatic nitrogens is 3. The first-order chi connectivity index (χ1) is 10.1. The quantitative estimate of drug-likeness (QED) is 0.635. The van der Waals surface area contributed by atoms with Gasteiger partial charge in [-0.25, -0.2) is 9.78 Å². The molecule has 1 fully saturated rings. The normalized spacial score (nSPS) is 14.9. The van der Waals surface area contributed by atoms with Gasteiger partial charge in [0.2, 0.25) is 11.8 Å². The van der Waals surface area contributed by atoms with Gasteiger partial charge in [-0.15, -0.1) is 0 Å². The van der Waals surface area contributed by atoms with Crippen LogP contribution in [0.2, 0.25) is 0 Å². The van der Waals surface area contributed by atoms with Gasteiger partial charge in [-0.3, -0.25) is 19.6 Å². The van der Waals surface area contributed by atoms with Crippen molar-refractivity contribution in [1.29, 1.82) is 0 Å². The van der Waals surface area contributed by atoms with Crippen LogP contribution in [0.25, 0.3) is 0 Å². The van der Waals surface area contributed by atoms with Gasteiger partial charge in [0, 0.05) is 33.0 Å². The molecule has 2 N–H and O–H groups in total. The Morgan fingerprint density at radius 2 is 2.29 bits per heavy atom. The van der Waals surface area contributed by atoms with E-state index in [4.69, 9.17) is 0 Å². The second kappa shape index (κ2) is 6.82. The van der Waals surface area contributed by atoms with Crippen molar-refractivity contribution in [2.75, 3.05) is 26.7 Å². The van der Waals surface area contributed by atoms with Gasteiger partial charge in [-0.1, -0.05) is 0 Å². The Labute approximate surface area is 121 Å². The van der Waals surface area contributed by atoms with Gasteiger partial charge in [-0.05, 0) is 6.42 Å². The molecular formula is C12H18N6O3. The topological polar surface area (TPSA) is 111 Å². The van der Waals surface area contributed by atoms with Crippen LogP contribution in [0.3, 0.4) is 0 Å². The van der Waals surface area contributed by atoms with Crippen molar-refractivity contribution in [1.82, 2.24) is 30.3 Å². The van der Waals surface area contributed by atoms with Gasteiger partial charge in [0.15, 0.2) is 0 Å². The maximum atomic E-state index is 11.6. The van der Waals surface area contributed by atoms with Crippen LogP contribution < -0.4 is 5.32 Å². The summed E-state index contributed by atoms with van der Waals surface area (Å²) in [5.74, 6) is 0.391. The summed E-state index contributed by atoms with van der Waals surface area (Å²) in [7, 11) is 1.58. The molecule has 1 aromatic rings. The summed E-state index contributed by atoms with van der Waals surface area (Å²) in [4.78, 5) is 41.2. The molecule has 0 spiro atoms. The number of H-pyrrole nitrogens is 1. The molecule has 21 heavy (non-hydrogen) atoms. The number of likely N-dealkylation sites (N-methyl/N-ethyl adjacent to an activating group) is 1. The van der Waals surface area contributed by atoms with E-state index in [0.29, 0.717) is 25.2 Å². The molecule has 0 atom stereocenters. The smallest absolute Gasteiger partial charge is 0.326 e. The summed E-state index contributed by atoms with van der Waals surface area (Å²) in [5.41, 5.74) is 0. The van der Waals surface area contributed by atoms with Crippen LogP contribution in [0.4, 0.5) is 4.79 Å². The fourth-order valence-corrected chi connectivity index (χ4v) is 2.05. The molecule has 1 saturated heterocycles. The first kappa shape index (κ1) is 14.9. The number of nitrogens with one attached hydrogen (secondary N) is 2. The van der Waals surface area contributed by atoms with E-state index in [-0.39, 0.29) is 37.4 Å². The number of hydrogen-bond acceptors (Lipinski definition) is 5. The van der Waals surface area contributed by atoms with Crippen LogP contribution in [-0.4, -0.2) is 69.5 Å². The van der Waals surface area contributed by atoms with Crippen molar-refractivity contribution in [2.45, 2.75) is 19.3 Å². The van der Waals surface area contributed by atoms with Crippen molar-refractivity contribution < 1.29 is 14.4 Å². The third-order valence-electron chi connectivity index (χ3n) is 3.17. The fraction of sp³-hybridized carbons (Fsp3) is 0.583. The van der Waals surface area contributed by atoms with Crippen molar-refractivity contribution >= 4 is 17.8 Å². The molecule has 1 aliphatic heterocycles. The van der Waals surface area contributed by atoms with E-state index in [9.17, 15) is 14.4 Å². The van der Waals surface area contributed by atoms with Gasteiger partial charge in [-0.2, -0.15) is 5.10 Å². The summed E-state index contributed by atoms with van der Waals surface area (Å²) in [6.07, 6.45) is 2.73. The Morgan fingerprint density at radius 3 is 2.90 bits per heavy atom. The van der Waals surface area contributed by atoms with Gasteiger partial charge < -0.3 is 10.2 Å². The number of imide groups is 1. The number of aromatic amines is 1. The van der Waals surface area contributed by atoms with Gasteiger partial charge >= 0.3 is 6.03 Å². The minimum Gasteiger partial charge on any atom is -0.356 e. The second-order valence-corrected chi connectivity index (χ2v) is 4.82. The molecule has 0 unspecified atom stereocenters. The van der Waals surface area contributed by atoms with Crippen LogP contribution in [-0.2, 0) is 16.0 Å². The Bertz CT molecular complexity index is 515. The van der Waals surface area contributed by atoms with Crippen LogP contribution in [0.5, 0.6) is 0 Å². The highest BCUT2D eigenvalue weighted by molar-refractivity contribution is 6.01. The lowest BCUT2D eigenvalue weighted by Gasteiger charge is -2.13. The first-order valence-electron chi connectivity index (χ1n) is 6.74. The molecule has 1 aliphatic rings. The van der Waals surface area contributed by atoms with Crippen LogP contribution in [0.1, 0.15) is 18.7 Å². The van der Waals surface area contributed by atoms with E-state index in [2.05, 4.69) is 20.5 Å². The lowest BCUT2D eigenvalue weighted by molar-refractivity contribution is -0.126. The molecule has 0 saturated carbocycles. The van der Waals surface area contributed by atoms with E-state index >= 15 is 0 Å². The second-order valence-electron chi connectivity index (χ2n) is 4.82. The molecule has 0 aromatic carbocycles. The number of carbonyl (C=O) groups excluding carboxylic acids is 3. The molecule has 0 aliphatic carbocycles. The minimum absolute atomic E-state index is 0.109. The minimum atomic E-state index is -0.300. The molecule has 114 valence electrons. The predicted molar refractivity (Wildman–Crippen MR) is 72.1 cm³/mol. The summed E-state index contributed by atoms with van der Waals surface area (Å²) < 4.78 is 0. The average molecular weight is 294 g/mol. The molecule has 2 rings (SSSR count). The maximum absolute atomic E-state index is 11.6. The van der Waals surface area contributed by atoms with Crippen LogP contribution >= 0.6 is 0 Å². The van der Waals surface area contributed by atoms with Crippen LogP contribution in [0, 0.1) is 0 Å². The van der Waals surface area contributed by atoms with Crippen molar-refractivity contribution in [3.63, 3.8) is 0 Å². The highest BCUT2D eigenvalue weighted by atomic mass is 16.2. The highest BCUT2D eigenvalue weighted by Crippen LogP contribution is 2.08. The van der Waals surface area contributed by atoms with Crippen molar-refractivity contribution in [2.24, 2.45) is 0 Å². The Hall–Kier alpha value is -2.45. The number of amides is 4. The molecule has 0 bridgehead atoms. The molecule has 9 nitrogen and oxygen atoms in total. The Balaban J connectivity index is 1.61. The molecule has 4 amide bonds. The molecular weight excluding hydrogens is 276 g/mol. The first-order valence-corrected chi connectivity index (χ1v) is 6.74. The SMILES string of the molecule is CN1CC(=O)N(CCCC(=O)NCCc2ncn[nH]2)C1=O. The molecule has 2 heterocycles. The summed E-state index contributed by atoms with van der Waals surface area (Å²) in [5, 5.41) is 9.17. The van der Waals surface area contributed by atoms with E-state index in [0.717, 1.165) is 0 Å². The zero-order chi connectivity index (χ0) is 15.2. The van der Waals surface area contributed by atoms with E-state index in [1.807, 2.05) is 0 Å². The summed E-state index contributed by atoms with van der Waals surface area (Å²) in [6.45, 7) is 0.859. The summed E-state index contributed by atoms with van der Waals surface area (Å²) in [6, 6.07) is -0.300. The van der Waals surface area contributed by atoms with Gasteiger partial charge in [0.05, 0.1) is 0 Å². The number of carbonyl (C=O) groups is 3. The Morgan fingerprint density at radius 1 is 1.48 bits per heavy atom. The van der Waals surface area contributed by atoms with E-state index < -0.39 is 0 Å². The predicted octanol–water partition coefficient (Wildman–Crippen LogP) is -0.862. The standard InChI is InChI=1S/C12H18N6O3/c1-17-7-11(20)18(12(17)21)6-2-3-10(19)13-5-4-9-14-8-15-16-9/h8H,2-7H2,1H3,(H,13,19)(H,14,15,16). The molecule has 1 aromatic heterocycles. The number of rotatable bonds is 7. The molecule has 0 radical (unpaired) electrons. The van der Waals surface area contributed by atoms with Gasteiger partial charge in [0.25, 0.3) is 0 Å². The molecule has 9 heteroatoms. The third-order valence-corrected chi connectivity index (χ3v) is 3.17. The van der Waals surface area contributed by atoms with Gasteiger partial charge in [0.1, 0.15) is 18.7 Å². The monoisotopic (exact) mass is 294 g/mol. The number of hydrogen-bond donors (Lipinski definition) is 2. The summed E-state index contributed by atoms with van der Waals surface area (Å²) >= 11 is 0. The zero-order valence-electron chi connectivity index (χ0n) is 11.8. The lowest BCUT2D eigenvalue weighted by Crippen LogP contribution is -2.33. The zero-order valence-corrected chi connectivity index (χ0v) is 11.8. The fourth-order valence-electron chi connectivity index (χ4n) is 2.05. The van der Waals surface area contributed by atoms with Crippen molar-refractivity contribution in [3.05, 3.63) is 12.2 Å². The number of urea groups is 1. The average Bonchev–Trinajstić information content (AvgIpc) is 3.03. The highest BCUT2D eigenvalue weighted by Gasteiger charge is 2.32.